The summed E-state index contributed by atoms with van der Waals surface area (Å²) >= 11 is 0. The molecule has 0 bridgehead atoms. The van der Waals surface area contributed by atoms with E-state index in [-0.39, 0.29) is 18.3 Å². The van der Waals surface area contributed by atoms with Crippen molar-refractivity contribution in [2.45, 2.75) is 6.92 Å². The SMILES string of the molecule is Cc1noc(NC(=O)c2ncccc2C#CCO)n1. The first kappa shape index (κ1) is 12.7. The van der Waals surface area contributed by atoms with E-state index in [1.54, 1.807) is 19.1 Å². The van der Waals surface area contributed by atoms with Gasteiger partial charge in [0.25, 0.3) is 5.91 Å². The van der Waals surface area contributed by atoms with Crippen molar-refractivity contribution in [1.82, 2.24) is 15.1 Å². The predicted octanol–water partition coefficient (Wildman–Crippen LogP) is 0.369. The Balaban J connectivity index is 2.23. The Morgan fingerprint density at radius 3 is 3.11 bits per heavy atom. The lowest BCUT2D eigenvalue weighted by molar-refractivity contribution is 0.101. The van der Waals surface area contributed by atoms with Crippen LogP contribution in [0.15, 0.2) is 22.9 Å². The molecular formula is C12H10N4O3. The fourth-order valence-corrected chi connectivity index (χ4v) is 1.33. The van der Waals surface area contributed by atoms with Gasteiger partial charge in [0, 0.05) is 6.20 Å². The molecule has 7 heteroatoms. The highest BCUT2D eigenvalue weighted by Gasteiger charge is 2.14. The first-order chi connectivity index (χ1) is 9.20. The number of anilines is 1. The molecule has 0 atom stereocenters. The molecule has 0 fully saturated rings. The number of pyridine rings is 1. The van der Waals surface area contributed by atoms with Crippen LogP contribution in [0, 0.1) is 18.8 Å². The van der Waals surface area contributed by atoms with E-state index in [4.69, 9.17) is 9.63 Å². The zero-order valence-corrected chi connectivity index (χ0v) is 10.0. The number of nitrogens with zero attached hydrogens (tertiary/aromatic N) is 3. The van der Waals surface area contributed by atoms with Gasteiger partial charge in [0.2, 0.25) is 0 Å². The maximum Gasteiger partial charge on any atom is 0.328 e. The molecule has 7 nitrogen and oxygen atoms in total. The van der Waals surface area contributed by atoms with Crippen molar-refractivity contribution in [2.75, 3.05) is 11.9 Å². The third-order valence-corrected chi connectivity index (χ3v) is 2.07. The Kier molecular flexibility index (Phi) is 3.85. The molecule has 96 valence electrons. The average molecular weight is 258 g/mol. The summed E-state index contributed by atoms with van der Waals surface area (Å²) in [6.45, 7) is 1.34. The molecule has 0 saturated heterocycles. The Morgan fingerprint density at radius 1 is 1.58 bits per heavy atom. The predicted molar refractivity (Wildman–Crippen MR) is 65.2 cm³/mol. The normalized spacial score (nSPS) is 9.58. The Labute approximate surface area is 108 Å². The average Bonchev–Trinajstić information content (AvgIpc) is 2.82. The number of rotatable bonds is 2. The summed E-state index contributed by atoms with van der Waals surface area (Å²) in [5.41, 5.74) is 0.532. The third-order valence-electron chi connectivity index (χ3n) is 2.07. The van der Waals surface area contributed by atoms with E-state index in [1.807, 2.05) is 0 Å². The van der Waals surface area contributed by atoms with Crippen LogP contribution in [0.2, 0.25) is 0 Å². The van der Waals surface area contributed by atoms with Gasteiger partial charge in [-0.1, -0.05) is 17.0 Å². The van der Waals surface area contributed by atoms with Crippen molar-refractivity contribution in [3.63, 3.8) is 0 Å². The topological polar surface area (TPSA) is 101 Å². The van der Waals surface area contributed by atoms with Gasteiger partial charge in [-0.2, -0.15) is 4.98 Å². The van der Waals surface area contributed by atoms with E-state index < -0.39 is 5.91 Å². The highest BCUT2D eigenvalue weighted by molar-refractivity contribution is 6.03. The smallest absolute Gasteiger partial charge is 0.328 e. The van der Waals surface area contributed by atoms with E-state index in [0.29, 0.717) is 11.4 Å². The largest absolute Gasteiger partial charge is 0.384 e. The van der Waals surface area contributed by atoms with Gasteiger partial charge in [0.1, 0.15) is 12.3 Å². The van der Waals surface area contributed by atoms with Crippen molar-refractivity contribution >= 4 is 11.9 Å². The summed E-state index contributed by atoms with van der Waals surface area (Å²) in [5.74, 6) is 5.01. The number of hydrogen-bond acceptors (Lipinski definition) is 6. The summed E-state index contributed by atoms with van der Waals surface area (Å²) in [7, 11) is 0. The van der Waals surface area contributed by atoms with E-state index in [0.717, 1.165) is 0 Å². The maximum absolute atomic E-state index is 12.0. The van der Waals surface area contributed by atoms with Gasteiger partial charge in [0.15, 0.2) is 5.82 Å². The quantitative estimate of drug-likeness (QED) is 0.755. The first-order valence-corrected chi connectivity index (χ1v) is 5.37. The Morgan fingerprint density at radius 2 is 2.42 bits per heavy atom. The number of aromatic nitrogens is 3. The fourth-order valence-electron chi connectivity index (χ4n) is 1.33. The summed E-state index contributed by atoms with van der Waals surface area (Å²) in [5, 5.41) is 14.6. The third kappa shape index (κ3) is 3.14. The van der Waals surface area contributed by atoms with Crippen molar-refractivity contribution in [3.05, 3.63) is 35.4 Å². The van der Waals surface area contributed by atoms with Gasteiger partial charge >= 0.3 is 6.01 Å². The lowest BCUT2D eigenvalue weighted by Crippen LogP contribution is -2.15. The number of aliphatic hydroxyl groups is 1. The van der Waals surface area contributed by atoms with Crippen LogP contribution >= 0.6 is 0 Å². The molecule has 0 aliphatic rings. The summed E-state index contributed by atoms with van der Waals surface area (Å²) in [6, 6.07) is 3.27. The number of carbonyl (C=O) groups is 1. The molecule has 0 aliphatic heterocycles. The van der Waals surface area contributed by atoms with Crippen LogP contribution < -0.4 is 5.32 Å². The molecule has 0 saturated carbocycles. The van der Waals surface area contributed by atoms with Crippen LogP contribution in [0.5, 0.6) is 0 Å². The minimum Gasteiger partial charge on any atom is -0.384 e. The molecule has 0 aliphatic carbocycles. The zero-order chi connectivity index (χ0) is 13.7. The van der Waals surface area contributed by atoms with Crippen LogP contribution in [-0.2, 0) is 0 Å². The first-order valence-electron chi connectivity index (χ1n) is 5.37. The molecule has 19 heavy (non-hydrogen) atoms. The number of carbonyl (C=O) groups excluding carboxylic acids is 1. The summed E-state index contributed by atoms with van der Waals surface area (Å²) in [4.78, 5) is 19.8. The zero-order valence-electron chi connectivity index (χ0n) is 10.0. The molecule has 2 rings (SSSR count). The van der Waals surface area contributed by atoms with Crippen molar-refractivity contribution in [3.8, 4) is 11.8 Å². The monoisotopic (exact) mass is 258 g/mol. The summed E-state index contributed by atoms with van der Waals surface area (Å²) < 4.78 is 4.78. The van der Waals surface area contributed by atoms with Crippen LogP contribution in [0.25, 0.3) is 0 Å². The summed E-state index contributed by atoms with van der Waals surface area (Å²) in [6.07, 6.45) is 1.47. The molecule has 0 aromatic carbocycles. The molecule has 0 radical (unpaired) electrons. The lowest BCUT2D eigenvalue weighted by Gasteiger charge is -2.01. The fraction of sp³-hybridized carbons (Fsp3) is 0.167. The standard InChI is InChI=1S/C12H10N4O3/c1-8-14-12(19-16-8)15-11(18)10-9(5-3-7-17)4-2-6-13-10/h2,4,6,17H,7H2,1H3,(H,14,15,16,18). The molecular weight excluding hydrogens is 248 g/mol. The van der Waals surface area contributed by atoms with Gasteiger partial charge < -0.3 is 9.63 Å². The van der Waals surface area contributed by atoms with Gasteiger partial charge in [-0.15, -0.1) is 0 Å². The van der Waals surface area contributed by atoms with Crippen molar-refractivity contribution in [1.29, 1.82) is 0 Å². The second kappa shape index (κ2) is 5.75. The Hall–Kier alpha value is -2.72. The molecule has 0 unspecified atom stereocenters. The minimum absolute atomic E-state index is 0.00535. The van der Waals surface area contributed by atoms with Crippen molar-refractivity contribution in [2.24, 2.45) is 0 Å². The van der Waals surface area contributed by atoms with E-state index in [2.05, 4.69) is 32.3 Å². The second-order valence-electron chi connectivity index (χ2n) is 3.46. The van der Waals surface area contributed by atoms with Gasteiger partial charge in [-0.25, -0.2) is 4.98 Å². The van der Waals surface area contributed by atoms with Gasteiger partial charge in [-0.05, 0) is 19.1 Å². The highest BCUT2D eigenvalue weighted by Crippen LogP contribution is 2.08. The molecule has 2 N–H and O–H groups in total. The van der Waals surface area contributed by atoms with Crippen LogP contribution in [0.4, 0.5) is 6.01 Å². The second-order valence-corrected chi connectivity index (χ2v) is 3.46. The van der Waals surface area contributed by atoms with E-state index in [1.165, 1.54) is 6.20 Å². The lowest BCUT2D eigenvalue weighted by atomic mass is 10.2. The molecule has 2 aromatic heterocycles. The molecule has 2 aromatic rings. The van der Waals surface area contributed by atoms with E-state index >= 15 is 0 Å². The number of amides is 1. The number of aryl methyl sites for hydroxylation is 1. The molecule has 1 amide bonds. The maximum atomic E-state index is 12.0. The van der Waals surface area contributed by atoms with Gasteiger partial charge in [-0.3, -0.25) is 10.1 Å². The minimum atomic E-state index is -0.508. The number of nitrogens with one attached hydrogen (secondary N) is 1. The van der Waals surface area contributed by atoms with E-state index in [9.17, 15) is 4.79 Å². The Bertz CT molecular complexity index is 654. The highest BCUT2D eigenvalue weighted by atomic mass is 16.5. The molecule has 2 heterocycles. The van der Waals surface area contributed by atoms with Crippen LogP contribution in [-0.4, -0.2) is 32.7 Å². The number of aliphatic hydroxyl groups excluding tert-OH is 1. The van der Waals surface area contributed by atoms with Gasteiger partial charge in [0.05, 0.1) is 5.56 Å². The number of hydrogen-bond donors (Lipinski definition) is 2. The molecule has 0 spiro atoms. The van der Waals surface area contributed by atoms with Crippen LogP contribution in [0.1, 0.15) is 21.9 Å². The van der Waals surface area contributed by atoms with Crippen molar-refractivity contribution < 1.29 is 14.4 Å². The van der Waals surface area contributed by atoms with Crippen LogP contribution in [0.3, 0.4) is 0 Å².